The summed E-state index contributed by atoms with van der Waals surface area (Å²) in [5, 5.41) is 9.43. The lowest BCUT2D eigenvalue weighted by atomic mass is 10.0. The van der Waals surface area contributed by atoms with Crippen molar-refractivity contribution >= 4 is 0 Å². The van der Waals surface area contributed by atoms with Gasteiger partial charge in [-0.1, -0.05) is 49.5 Å². The van der Waals surface area contributed by atoms with Gasteiger partial charge in [-0.05, 0) is 12.0 Å². The number of rotatable bonds is 2. The SMILES string of the molecule is CC/C=C\C=C1\C=CC=CC1O. The van der Waals surface area contributed by atoms with Gasteiger partial charge in [0, 0.05) is 0 Å². The second-order valence-corrected chi connectivity index (χ2v) is 2.69. The Morgan fingerprint density at radius 2 is 2.33 bits per heavy atom. The maximum atomic E-state index is 9.43. The molecule has 0 aromatic rings. The van der Waals surface area contributed by atoms with E-state index < -0.39 is 6.10 Å². The van der Waals surface area contributed by atoms with E-state index in [1.165, 1.54) is 0 Å². The third-order valence-corrected chi connectivity index (χ3v) is 1.70. The fourth-order valence-electron chi connectivity index (χ4n) is 1.02. The fraction of sp³-hybridized carbons (Fsp3) is 0.273. The molecule has 1 aliphatic rings. The molecule has 0 aromatic carbocycles. The molecule has 0 aromatic heterocycles. The van der Waals surface area contributed by atoms with Crippen molar-refractivity contribution < 1.29 is 5.11 Å². The molecule has 1 heteroatoms. The molecule has 0 bridgehead atoms. The van der Waals surface area contributed by atoms with Crippen LogP contribution in [0.5, 0.6) is 0 Å². The van der Waals surface area contributed by atoms with Crippen LogP contribution in [-0.4, -0.2) is 11.2 Å². The Bertz CT molecular complexity index is 244. The van der Waals surface area contributed by atoms with Gasteiger partial charge in [-0.25, -0.2) is 0 Å². The summed E-state index contributed by atoms with van der Waals surface area (Å²) in [6.07, 6.45) is 14.0. The van der Waals surface area contributed by atoms with Gasteiger partial charge in [-0.2, -0.15) is 0 Å². The second kappa shape index (κ2) is 4.73. The summed E-state index contributed by atoms with van der Waals surface area (Å²) >= 11 is 0. The summed E-state index contributed by atoms with van der Waals surface area (Å²) in [5.41, 5.74) is 0.946. The molecule has 1 unspecified atom stereocenters. The van der Waals surface area contributed by atoms with Crippen molar-refractivity contribution in [3.05, 3.63) is 48.1 Å². The zero-order chi connectivity index (χ0) is 8.81. The van der Waals surface area contributed by atoms with E-state index in [0.717, 1.165) is 12.0 Å². The molecule has 64 valence electrons. The van der Waals surface area contributed by atoms with Gasteiger partial charge in [0.2, 0.25) is 0 Å². The largest absolute Gasteiger partial charge is 0.384 e. The van der Waals surface area contributed by atoms with E-state index in [9.17, 15) is 5.11 Å². The minimum absolute atomic E-state index is 0.434. The standard InChI is InChI=1S/C11H14O/c1-2-3-4-7-10-8-5-6-9-11(10)12/h3-9,11-12H,2H2,1H3/b4-3-,10-7-. The molecule has 1 rings (SSSR count). The normalized spacial score (nSPS) is 25.8. The van der Waals surface area contributed by atoms with Crippen molar-refractivity contribution in [2.75, 3.05) is 0 Å². The maximum Gasteiger partial charge on any atom is 0.0974 e. The highest BCUT2D eigenvalue weighted by Crippen LogP contribution is 2.10. The van der Waals surface area contributed by atoms with Crippen LogP contribution >= 0.6 is 0 Å². The van der Waals surface area contributed by atoms with Crippen molar-refractivity contribution in [3.8, 4) is 0 Å². The number of hydrogen-bond donors (Lipinski definition) is 1. The molecule has 0 saturated heterocycles. The van der Waals surface area contributed by atoms with Gasteiger partial charge in [0.1, 0.15) is 0 Å². The smallest absolute Gasteiger partial charge is 0.0974 e. The predicted octanol–water partition coefficient (Wildman–Crippen LogP) is 2.37. The average molecular weight is 162 g/mol. The minimum Gasteiger partial charge on any atom is -0.384 e. The van der Waals surface area contributed by atoms with Crippen LogP contribution in [-0.2, 0) is 0 Å². The summed E-state index contributed by atoms with van der Waals surface area (Å²) in [5.74, 6) is 0. The highest BCUT2D eigenvalue weighted by atomic mass is 16.3. The second-order valence-electron chi connectivity index (χ2n) is 2.69. The lowest BCUT2D eigenvalue weighted by molar-refractivity contribution is 0.262. The first-order chi connectivity index (χ1) is 5.84. The molecule has 0 heterocycles. The van der Waals surface area contributed by atoms with Gasteiger partial charge in [0.25, 0.3) is 0 Å². The van der Waals surface area contributed by atoms with Crippen LogP contribution in [0, 0.1) is 0 Å². The zero-order valence-corrected chi connectivity index (χ0v) is 7.27. The van der Waals surface area contributed by atoms with Crippen LogP contribution < -0.4 is 0 Å². The van der Waals surface area contributed by atoms with Crippen LogP contribution in [0.15, 0.2) is 48.1 Å². The summed E-state index contributed by atoms with van der Waals surface area (Å²) in [6, 6.07) is 0. The highest BCUT2D eigenvalue weighted by Gasteiger charge is 2.04. The van der Waals surface area contributed by atoms with Crippen molar-refractivity contribution in [2.24, 2.45) is 0 Å². The maximum absolute atomic E-state index is 9.43. The Labute approximate surface area is 73.4 Å². The molecule has 0 amide bonds. The van der Waals surface area contributed by atoms with E-state index in [2.05, 4.69) is 13.0 Å². The number of aliphatic hydroxyl groups excluding tert-OH is 1. The molecule has 1 N–H and O–H groups in total. The molecule has 0 spiro atoms. The first-order valence-corrected chi connectivity index (χ1v) is 4.24. The number of allylic oxidation sites excluding steroid dienone is 5. The monoisotopic (exact) mass is 162 g/mol. The quantitative estimate of drug-likeness (QED) is 0.661. The van der Waals surface area contributed by atoms with E-state index in [0.29, 0.717) is 0 Å². The Hall–Kier alpha value is -1.08. The number of hydrogen-bond acceptors (Lipinski definition) is 1. The summed E-state index contributed by atoms with van der Waals surface area (Å²) in [7, 11) is 0. The molecule has 0 saturated carbocycles. The van der Waals surface area contributed by atoms with E-state index in [-0.39, 0.29) is 0 Å². The van der Waals surface area contributed by atoms with E-state index in [1.54, 1.807) is 6.08 Å². The topological polar surface area (TPSA) is 20.2 Å². The molecular formula is C11H14O. The first-order valence-electron chi connectivity index (χ1n) is 4.24. The Morgan fingerprint density at radius 3 is 3.00 bits per heavy atom. The summed E-state index contributed by atoms with van der Waals surface area (Å²) in [4.78, 5) is 0. The lowest BCUT2D eigenvalue weighted by Gasteiger charge is -2.08. The Balaban J connectivity index is 2.62. The third-order valence-electron chi connectivity index (χ3n) is 1.70. The number of aliphatic hydroxyl groups is 1. The predicted molar refractivity (Wildman–Crippen MR) is 51.8 cm³/mol. The molecular weight excluding hydrogens is 148 g/mol. The van der Waals surface area contributed by atoms with Crippen LogP contribution in [0.25, 0.3) is 0 Å². The molecule has 1 atom stereocenters. The van der Waals surface area contributed by atoms with Crippen molar-refractivity contribution in [1.29, 1.82) is 0 Å². The summed E-state index contributed by atoms with van der Waals surface area (Å²) in [6.45, 7) is 2.09. The molecule has 0 radical (unpaired) electrons. The van der Waals surface area contributed by atoms with Crippen LogP contribution in [0.4, 0.5) is 0 Å². The highest BCUT2D eigenvalue weighted by molar-refractivity contribution is 5.36. The van der Waals surface area contributed by atoms with Crippen LogP contribution in [0.3, 0.4) is 0 Å². The van der Waals surface area contributed by atoms with Crippen molar-refractivity contribution in [3.63, 3.8) is 0 Å². The molecule has 1 nitrogen and oxygen atoms in total. The Morgan fingerprint density at radius 1 is 1.50 bits per heavy atom. The van der Waals surface area contributed by atoms with Gasteiger partial charge in [-0.3, -0.25) is 0 Å². The molecule has 1 aliphatic carbocycles. The fourth-order valence-corrected chi connectivity index (χ4v) is 1.02. The minimum atomic E-state index is -0.434. The Kier molecular flexibility index (Phi) is 3.55. The molecule has 0 fully saturated rings. The molecule has 12 heavy (non-hydrogen) atoms. The molecule has 0 aliphatic heterocycles. The van der Waals surface area contributed by atoms with Gasteiger partial charge in [-0.15, -0.1) is 0 Å². The van der Waals surface area contributed by atoms with Crippen molar-refractivity contribution in [2.45, 2.75) is 19.4 Å². The van der Waals surface area contributed by atoms with E-state index in [4.69, 9.17) is 0 Å². The van der Waals surface area contributed by atoms with Gasteiger partial charge in [0.15, 0.2) is 0 Å². The first kappa shape index (κ1) is 9.01. The zero-order valence-electron chi connectivity index (χ0n) is 7.27. The van der Waals surface area contributed by atoms with Crippen LogP contribution in [0.1, 0.15) is 13.3 Å². The van der Waals surface area contributed by atoms with Gasteiger partial charge < -0.3 is 5.11 Å². The van der Waals surface area contributed by atoms with Gasteiger partial charge in [0.05, 0.1) is 6.10 Å². The van der Waals surface area contributed by atoms with Crippen LogP contribution in [0.2, 0.25) is 0 Å². The van der Waals surface area contributed by atoms with Crippen molar-refractivity contribution in [1.82, 2.24) is 0 Å². The lowest BCUT2D eigenvalue weighted by Crippen LogP contribution is -2.06. The van der Waals surface area contributed by atoms with E-state index >= 15 is 0 Å². The summed E-state index contributed by atoms with van der Waals surface area (Å²) < 4.78 is 0. The third kappa shape index (κ3) is 2.51. The van der Waals surface area contributed by atoms with Gasteiger partial charge >= 0.3 is 0 Å². The average Bonchev–Trinajstić information content (AvgIpc) is 2.09. The van der Waals surface area contributed by atoms with E-state index in [1.807, 2.05) is 30.4 Å².